The highest BCUT2D eigenvalue weighted by Gasteiger charge is 2.19. The first-order valence-electron chi connectivity index (χ1n) is 8.34. The normalized spacial score (nSPS) is 11.1. The summed E-state index contributed by atoms with van der Waals surface area (Å²) in [6.45, 7) is 0. The Morgan fingerprint density at radius 2 is 1.57 bits per heavy atom. The third-order valence-electron chi connectivity index (χ3n) is 3.90. The van der Waals surface area contributed by atoms with E-state index in [9.17, 15) is 13.2 Å². The second kappa shape index (κ2) is 8.47. The number of nitrogens with one attached hydrogen (secondary N) is 1. The van der Waals surface area contributed by atoms with E-state index in [1.807, 2.05) is 60.7 Å². The quantitative estimate of drug-likeness (QED) is 0.605. The number of carbonyl (C=O) groups is 1. The van der Waals surface area contributed by atoms with Crippen molar-refractivity contribution in [3.8, 4) is 0 Å². The zero-order valence-corrected chi connectivity index (χ0v) is 16.7. The average Bonchev–Trinajstić information content (AvgIpc) is 2.69. The average molecular weight is 414 g/mol. The molecule has 0 aromatic heterocycles. The molecular weight excluding hydrogens is 394 g/mol. The van der Waals surface area contributed by atoms with Crippen LogP contribution in [0.4, 0.5) is 5.69 Å². The number of amides is 1. The molecule has 3 aromatic carbocycles. The Hall–Kier alpha value is -2.81. The maximum Gasteiger partial charge on any atom is 0.269 e. The number of nitrogens with zero attached hydrogens (tertiary/aromatic N) is 1. The Morgan fingerprint density at radius 3 is 2.18 bits per heavy atom. The lowest BCUT2D eigenvalue weighted by molar-refractivity contribution is 0.0951. The Balaban J connectivity index is 1.87. The summed E-state index contributed by atoms with van der Waals surface area (Å²) in [5, 5.41) is 6.95. The van der Waals surface area contributed by atoms with E-state index in [0.717, 1.165) is 10.6 Å². The lowest BCUT2D eigenvalue weighted by atomic mass is 10.2. The minimum absolute atomic E-state index is 0.0867. The summed E-state index contributed by atoms with van der Waals surface area (Å²) in [5.41, 5.74) is 3.70. The summed E-state index contributed by atoms with van der Waals surface area (Å²) in [4.78, 5) is 13.8. The fraction of sp³-hybridized carbons (Fsp3) is 0.0500. The van der Waals surface area contributed by atoms with Crippen molar-refractivity contribution in [2.24, 2.45) is 5.14 Å². The van der Waals surface area contributed by atoms with Crippen LogP contribution in [0.15, 0.2) is 93.5 Å². The van der Waals surface area contributed by atoms with Crippen LogP contribution in [0.1, 0.15) is 10.4 Å². The molecule has 0 aliphatic carbocycles. The summed E-state index contributed by atoms with van der Waals surface area (Å²) < 4.78 is 24.2. The molecule has 8 heteroatoms. The van der Waals surface area contributed by atoms with Gasteiger partial charge in [0.1, 0.15) is 0 Å². The number of anilines is 1. The summed E-state index contributed by atoms with van der Waals surface area (Å²) in [6.07, 6.45) is 0. The summed E-state index contributed by atoms with van der Waals surface area (Å²) >= 11 is 1.27. The van der Waals surface area contributed by atoms with E-state index in [1.54, 1.807) is 24.2 Å². The standard InChI is InChI=1S/C20H19N3O3S2/c1-23(16-8-4-2-5-9-16)22-20(24)15-12-13-18(19(14-15)28(21,25)26)27-17-10-6-3-7-11-17/h2-14H,1H3,(H,22,24)(H2,21,25,26). The van der Waals surface area contributed by atoms with Crippen LogP contribution >= 0.6 is 11.8 Å². The Bertz CT molecular complexity index is 1070. The molecule has 0 fully saturated rings. The predicted molar refractivity (Wildman–Crippen MR) is 111 cm³/mol. The van der Waals surface area contributed by atoms with E-state index < -0.39 is 15.9 Å². The highest BCUT2D eigenvalue weighted by Crippen LogP contribution is 2.32. The van der Waals surface area contributed by atoms with Gasteiger partial charge in [-0.05, 0) is 42.5 Å². The van der Waals surface area contributed by atoms with Crippen LogP contribution in [0.2, 0.25) is 0 Å². The van der Waals surface area contributed by atoms with Gasteiger partial charge in [0.25, 0.3) is 5.91 Å². The maximum absolute atomic E-state index is 12.6. The molecule has 6 nitrogen and oxygen atoms in total. The Kier molecular flexibility index (Phi) is 6.03. The molecule has 0 spiro atoms. The molecule has 0 radical (unpaired) electrons. The van der Waals surface area contributed by atoms with Crippen molar-refractivity contribution in [1.29, 1.82) is 0 Å². The molecule has 3 rings (SSSR count). The van der Waals surface area contributed by atoms with Crippen molar-refractivity contribution in [2.45, 2.75) is 14.7 Å². The molecule has 0 aliphatic heterocycles. The van der Waals surface area contributed by atoms with Crippen molar-refractivity contribution in [2.75, 3.05) is 12.1 Å². The van der Waals surface area contributed by atoms with E-state index in [0.29, 0.717) is 4.90 Å². The van der Waals surface area contributed by atoms with Crippen molar-refractivity contribution in [3.63, 3.8) is 0 Å². The molecule has 0 saturated heterocycles. The summed E-state index contributed by atoms with van der Waals surface area (Å²) in [5.74, 6) is -0.437. The van der Waals surface area contributed by atoms with Crippen LogP contribution in [0.3, 0.4) is 0 Å². The van der Waals surface area contributed by atoms with Gasteiger partial charge in [-0.1, -0.05) is 48.2 Å². The molecule has 0 heterocycles. The molecule has 0 saturated carbocycles. The smallest absolute Gasteiger partial charge is 0.269 e. The van der Waals surface area contributed by atoms with Crippen molar-refractivity contribution in [1.82, 2.24) is 5.43 Å². The van der Waals surface area contributed by atoms with Gasteiger partial charge in [-0.15, -0.1) is 0 Å². The summed E-state index contributed by atoms with van der Waals surface area (Å²) in [7, 11) is -2.30. The molecule has 3 N–H and O–H groups in total. The van der Waals surface area contributed by atoms with E-state index in [-0.39, 0.29) is 10.5 Å². The van der Waals surface area contributed by atoms with Crippen LogP contribution < -0.4 is 15.6 Å². The van der Waals surface area contributed by atoms with Crippen LogP contribution in [0, 0.1) is 0 Å². The molecule has 144 valence electrons. The predicted octanol–water partition coefficient (Wildman–Crippen LogP) is 3.27. The van der Waals surface area contributed by atoms with Crippen molar-refractivity contribution < 1.29 is 13.2 Å². The first-order valence-corrected chi connectivity index (χ1v) is 10.7. The van der Waals surface area contributed by atoms with Gasteiger partial charge in [-0.2, -0.15) is 0 Å². The lowest BCUT2D eigenvalue weighted by Gasteiger charge is -2.20. The van der Waals surface area contributed by atoms with Crippen molar-refractivity contribution >= 4 is 33.4 Å². The first-order chi connectivity index (χ1) is 13.3. The highest BCUT2D eigenvalue weighted by molar-refractivity contribution is 8.00. The highest BCUT2D eigenvalue weighted by atomic mass is 32.2. The minimum atomic E-state index is -4.00. The van der Waals surface area contributed by atoms with Gasteiger partial charge < -0.3 is 0 Å². The fourth-order valence-corrected chi connectivity index (χ4v) is 4.46. The number of para-hydroxylation sites is 1. The van der Waals surface area contributed by atoms with Gasteiger partial charge >= 0.3 is 0 Å². The number of hydrazine groups is 1. The molecule has 0 unspecified atom stereocenters. The Morgan fingerprint density at radius 1 is 0.964 bits per heavy atom. The number of hydrogen-bond acceptors (Lipinski definition) is 5. The third kappa shape index (κ3) is 4.92. The van der Waals surface area contributed by atoms with Gasteiger partial charge in [0, 0.05) is 22.4 Å². The van der Waals surface area contributed by atoms with E-state index in [4.69, 9.17) is 5.14 Å². The monoisotopic (exact) mass is 413 g/mol. The van der Waals surface area contributed by atoms with Gasteiger partial charge in [-0.3, -0.25) is 15.2 Å². The SMILES string of the molecule is CN(NC(=O)c1ccc(Sc2ccccc2)c(S(N)(=O)=O)c1)c1ccccc1. The largest absolute Gasteiger partial charge is 0.288 e. The zero-order chi connectivity index (χ0) is 20.1. The molecule has 0 aliphatic rings. The van der Waals surface area contributed by atoms with Crippen LogP contribution in [-0.2, 0) is 10.0 Å². The Labute approximate surface area is 168 Å². The van der Waals surface area contributed by atoms with Crippen LogP contribution in [0.5, 0.6) is 0 Å². The molecule has 0 bridgehead atoms. The van der Waals surface area contributed by atoms with Crippen molar-refractivity contribution in [3.05, 3.63) is 84.4 Å². The van der Waals surface area contributed by atoms with E-state index in [2.05, 4.69) is 5.43 Å². The van der Waals surface area contributed by atoms with Gasteiger partial charge in [0.15, 0.2) is 0 Å². The lowest BCUT2D eigenvalue weighted by Crippen LogP contribution is -2.39. The molecule has 1 amide bonds. The third-order valence-corrected chi connectivity index (χ3v) is 6.06. The topological polar surface area (TPSA) is 92.5 Å². The summed E-state index contributed by atoms with van der Waals surface area (Å²) in [6, 6.07) is 23.1. The zero-order valence-electron chi connectivity index (χ0n) is 15.1. The molecular formula is C20H19N3O3S2. The molecule has 3 aromatic rings. The fourth-order valence-electron chi connectivity index (χ4n) is 2.50. The number of sulfonamides is 1. The second-order valence-corrected chi connectivity index (χ2v) is 8.60. The number of hydrogen-bond donors (Lipinski definition) is 2. The maximum atomic E-state index is 12.6. The first kappa shape index (κ1) is 19.9. The number of primary sulfonamides is 1. The number of carbonyl (C=O) groups excluding carboxylic acids is 1. The minimum Gasteiger partial charge on any atom is -0.288 e. The van der Waals surface area contributed by atoms with Gasteiger partial charge in [0.2, 0.25) is 10.0 Å². The number of rotatable bonds is 6. The van der Waals surface area contributed by atoms with Crippen LogP contribution in [0.25, 0.3) is 0 Å². The molecule has 0 atom stereocenters. The van der Waals surface area contributed by atoms with Gasteiger partial charge in [-0.25, -0.2) is 13.6 Å². The van der Waals surface area contributed by atoms with E-state index >= 15 is 0 Å². The molecule has 28 heavy (non-hydrogen) atoms. The number of nitrogens with two attached hydrogens (primary N) is 1. The van der Waals surface area contributed by atoms with E-state index in [1.165, 1.54) is 17.8 Å². The van der Waals surface area contributed by atoms with Gasteiger partial charge in [0.05, 0.1) is 10.6 Å². The number of benzene rings is 3. The van der Waals surface area contributed by atoms with Crippen LogP contribution in [-0.4, -0.2) is 21.4 Å². The second-order valence-electron chi connectivity index (χ2n) is 5.96.